The van der Waals surface area contributed by atoms with Crippen LogP contribution in [0.4, 0.5) is 11.6 Å². The molecule has 0 saturated carbocycles. The van der Waals surface area contributed by atoms with Gasteiger partial charge >= 0.3 is 5.82 Å². The number of benzene rings is 1. The van der Waals surface area contributed by atoms with Gasteiger partial charge < -0.3 is 20.7 Å². The zero-order chi connectivity index (χ0) is 16.1. The van der Waals surface area contributed by atoms with Crippen molar-refractivity contribution in [2.75, 3.05) is 5.32 Å². The molecule has 2 aromatic rings. The molecule has 1 atom stereocenters. The molecule has 1 heterocycles. The normalized spacial score (nSPS) is 11.7. The van der Waals surface area contributed by atoms with Gasteiger partial charge in [-0.05, 0) is 22.4 Å². The average Bonchev–Trinajstić information content (AvgIpc) is 2.87. The SMILES string of the molecule is CC(Nc1c([N+](=O)[O-])ncn1C)C(=O)NCc1ccccc1. The second-order valence-electron chi connectivity index (χ2n) is 4.85. The first-order valence-electron chi connectivity index (χ1n) is 6.73. The summed E-state index contributed by atoms with van der Waals surface area (Å²) in [6.07, 6.45) is 1.33. The fraction of sp³-hybridized carbons (Fsp3) is 0.286. The Hall–Kier alpha value is -2.90. The summed E-state index contributed by atoms with van der Waals surface area (Å²) in [5.74, 6) is -0.350. The first-order chi connectivity index (χ1) is 10.5. The van der Waals surface area contributed by atoms with Gasteiger partial charge in [-0.15, -0.1) is 0 Å². The molecule has 0 aliphatic rings. The van der Waals surface area contributed by atoms with Crippen LogP contribution < -0.4 is 10.6 Å². The Morgan fingerprint density at radius 3 is 2.73 bits per heavy atom. The lowest BCUT2D eigenvalue weighted by Crippen LogP contribution is -2.37. The molecule has 0 radical (unpaired) electrons. The summed E-state index contributed by atoms with van der Waals surface area (Å²) >= 11 is 0. The molecule has 0 aliphatic heterocycles. The molecule has 0 fully saturated rings. The Balaban J connectivity index is 1.97. The van der Waals surface area contributed by atoms with Gasteiger partial charge in [-0.2, -0.15) is 0 Å². The zero-order valence-corrected chi connectivity index (χ0v) is 12.3. The smallest absolute Gasteiger partial charge is 0.358 e. The highest BCUT2D eigenvalue weighted by atomic mass is 16.6. The van der Waals surface area contributed by atoms with Crippen molar-refractivity contribution in [1.82, 2.24) is 14.9 Å². The van der Waals surface area contributed by atoms with Crippen molar-refractivity contribution in [2.24, 2.45) is 7.05 Å². The monoisotopic (exact) mass is 303 g/mol. The standard InChI is InChI=1S/C14H17N5O3/c1-10(14(20)15-8-11-6-4-3-5-7-11)17-13-12(19(21)22)16-9-18(13)2/h3-7,9-10,17H,8H2,1-2H3,(H,15,20). The summed E-state index contributed by atoms with van der Waals surface area (Å²) in [5, 5.41) is 16.5. The molecule has 2 rings (SSSR count). The minimum Gasteiger partial charge on any atom is -0.358 e. The van der Waals surface area contributed by atoms with Gasteiger partial charge in [0, 0.05) is 13.6 Å². The van der Waals surface area contributed by atoms with E-state index in [0.29, 0.717) is 6.54 Å². The predicted octanol–water partition coefficient (Wildman–Crippen LogP) is 1.45. The maximum Gasteiger partial charge on any atom is 0.406 e. The van der Waals surface area contributed by atoms with E-state index in [-0.39, 0.29) is 17.5 Å². The van der Waals surface area contributed by atoms with Gasteiger partial charge in [-0.3, -0.25) is 9.36 Å². The maximum atomic E-state index is 12.1. The largest absolute Gasteiger partial charge is 0.406 e. The van der Waals surface area contributed by atoms with Crippen LogP contribution in [0.15, 0.2) is 36.7 Å². The van der Waals surface area contributed by atoms with E-state index in [1.54, 1.807) is 14.0 Å². The molecule has 116 valence electrons. The van der Waals surface area contributed by atoms with Gasteiger partial charge in [-0.1, -0.05) is 30.3 Å². The Morgan fingerprint density at radius 1 is 1.41 bits per heavy atom. The number of aryl methyl sites for hydroxylation is 1. The molecule has 0 saturated heterocycles. The van der Waals surface area contributed by atoms with Crippen LogP contribution in [0.5, 0.6) is 0 Å². The van der Waals surface area contributed by atoms with Crippen molar-refractivity contribution in [3.8, 4) is 0 Å². The number of amides is 1. The van der Waals surface area contributed by atoms with Crippen LogP contribution in [-0.2, 0) is 18.4 Å². The highest BCUT2D eigenvalue weighted by Gasteiger charge is 2.23. The Morgan fingerprint density at radius 2 is 2.09 bits per heavy atom. The second kappa shape index (κ2) is 6.70. The van der Waals surface area contributed by atoms with Crippen molar-refractivity contribution in [1.29, 1.82) is 0 Å². The number of hydrogen-bond acceptors (Lipinski definition) is 5. The van der Waals surface area contributed by atoms with Crippen molar-refractivity contribution in [2.45, 2.75) is 19.5 Å². The van der Waals surface area contributed by atoms with Crippen LogP contribution in [0.1, 0.15) is 12.5 Å². The van der Waals surface area contributed by atoms with Crippen molar-refractivity contribution in [3.05, 3.63) is 52.3 Å². The first-order valence-corrected chi connectivity index (χ1v) is 6.73. The first kappa shape index (κ1) is 15.5. The Labute approximate surface area is 127 Å². The number of aromatic nitrogens is 2. The molecule has 2 N–H and O–H groups in total. The topological polar surface area (TPSA) is 102 Å². The second-order valence-corrected chi connectivity index (χ2v) is 4.85. The molecule has 1 unspecified atom stereocenters. The molecule has 0 aliphatic carbocycles. The fourth-order valence-corrected chi connectivity index (χ4v) is 1.93. The third-order valence-corrected chi connectivity index (χ3v) is 3.15. The number of rotatable bonds is 6. The van der Waals surface area contributed by atoms with E-state index >= 15 is 0 Å². The number of imidazole rings is 1. The lowest BCUT2D eigenvalue weighted by atomic mass is 10.2. The predicted molar refractivity (Wildman–Crippen MR) is 81.2 cm³/mol. The van der Waals surface area contributed by atoms with Crippen molar-refractivity contribution >= 4 is 17.5 Å². The summed E-state index contributed by atoms with van der Waals surface area (Å²) < 4.78 is 1.47. The van der Waals surface area contributed by atoms with Gasteiger partial charge in [-0.25, -0.2) is 0 Å². The van der Waals surface area contributed by atoms with Crippen LogP contribution in [0.25, 0.3) is 0 Å². The molecular formula is C14H17N5O3. The summed E-state index contributed by atoms with van der Waals surface area (Å²) in [4.78, 5) is 26.1. The Kier molecular flexibility index (Phi) is 4.72. The molecule has 0 bridgehead atoms. The lowest BCUT2D eigenvalue weighted by Gasteiger charge is -2.14. The number of nitrogens with one attached hydrogen (secondary N) is 2. The fourth-order valence-electron chi connectivity index (χ4n) is 1.93. The van der Waals surface area contributed by atoms with E-state index in [1.165, 1.54) is 10.9 Å². The van der Waals surface area contributed by atoms with E-state index in [4.69, 9.17) is 0 Å². The minimum atomic E-state index is -0.627. The van der Waals surface area contributed by atoms with Crippen LogP contribution in [-0.4, -0.2) is 26.4 Å². The number of hydrogen-bond donors (Lipinski definition) is 2. The Bertz CT molecular complexity index is 668. The third kappa shape index (κ3) is 3.60. The number of nitrogens with zero attached hydrogens (tertiary/aromatic N) is 3. The van der Waals surface area contributed by atoms with Crippen LogP contribution in [0.2, 0.25) is 0 Å². The van der Waals surface area contributed by atoms with Crippen LogP contribution in [0.3, 0.4) is 0 Å². The van der Waals surface area contributed by atoms with E-state index in [0.717, 1.165) is 5.56 Å². The summed E-state index contributed by atoms with van der Waals surface area (Å²) in [7, 11) is 1.62. The van der Waals surface area contributed by atoms with Gasteiger partial charge in [0.25, 0.3) is 0 Å². The summed E-state index contributed by atoms with van der Waals surface area (Å²) in [5.41, 5.74) is 0.981. The van der Waals surface area contributed by atoms with E-state index in [9.17, 15) is 14.9 Å². The minimum absolute atomic E-state index is 0.201. The summed E-state index contributed by atoms with van der Waals surface area (Å²) in [6.45, 7) is 2.04. The number of nitro groups is 1. The molecule has 8 nitrogen and oxygen atoms in total. The summed E-state index contributed by atoms with van der Waals surface area (Å²) in [6, 6.07) is 8.87. The maximum absolute atomic E-state index is 12.1. The molecule has 8 heteroatoms. The quantitative estimate of drug-likeness (QED) is 0.621. The van der Waals surface area contributed by atoms with Gasteiger partial charge in [0.05, 0.1) is 0 Å². The molecule has 1 aromatic carbocycles. The lowest BCUT2D eigenvalue weighted by molar-refractivity contribution is -0.388. The van der Waals surface area contributed by atoms with Gasteiger partial charge in [0.2, 0.25) is 18.1 Å². The van der Waals surface area contributed by atoms with E-state index < -0.39 is 11.0 Å². The number of anilines is 1. The van der Waals surface area contributed by atoms with Crippen LogP contribution in [0, 0.1) is 10.1 Å². The molecule has 0 spiro atoms. The molecule has 22 heavy (non-hydrogen) atoms. The highest BCUT2D eigenvalue weighted by Crippen LogP contribution is 2.21. The molecule has 1 aromatic heterocycles. The third-order valence-electron chi connectivity index (χ3n) is 3.15. The number of carbonyl (C=O) groups is 1. The average molecular weight is 303 g/mol. The van der Waals surface area contributed by atoms with Crippen molar-refractivity contribution < 1.29 is 9.72 Å². The van der Waals surface area contributed by atoms with Gasteiger partial charge in [0.15, 0.2) is 0 Å². The molecular weight excluding hydrogens is 286 g/mol. The van der Waals surface area contributed by atoms with Crippen molar-refractivity contribution in [3.63, 3.8) is 0 Å². The molecule has 1 amide bonds. The zero-order valence-electron chi connectivity index (χ0n) is 12.3. The van der Waals surface area contributed by atoms with E-state index in [1.807, 2.05) is 30.3 Å². The van der Waals surface area contributed by atoms with Crippen LogP contribution >= 0.6 is 0 Å². The highest BCUT2D eigenvalue weighted by molar-refractivity contribution is 5.84. The van der Waals surface area contributed by atoms with Gasteiger partial charge in [0.1, 0.15) is 6.04 Å². The van der Waals surface area contributed by atoms with E-state index in [2.05, 4.69) is 15.6 Å². The number of carbonyl (C=O) groups excluding carboxylic acids is 1.